The van der Waals surface area contributed by atoms with E-state index in [2.05, 4.69) is 111 Å². The molecule has 3 atom stereocenters. The Hall–Kier alpha value is -2.62. The molecule has 0 radical (unpaired) electrons. The predicted molar refractivity (Wildman–Crippen MR) is 278 cm³/mol. The zero-order valence-electron chi connectivity index (χ0n) is 41.9. The van der Waals surface area contributed by atoms with Crippen molar-refractivity contribution in [3.63, 3.8) is 0 Å². The maximum absolute atomic E-state index is 12.7. The summed E-state index contributed by atoms with van der Waals surface area (Å²) in [6.07, 6.45) is 66.6. The van der Waals surface area contributed by atoms with Gasteiger partial charge in [0.1, 0.15) is 12.2 Å². The molecule has 0 fully saturated rings. The quantitative estimate of drug-likeness (QED) is 0.0236. The maximum atomic E-state index is 12.7. The van der Waals surface area contributed by atoms with Crippen LogP contribution in [0.25, 0.3) is 0 Å². The molecule has 0 aromatic carbocycles. The van der Waals surface area contributed by atoms with E-state index in [4.69, 9.17) is 23.6 Å². The highest BCUT2D eigenvalue weighted by atomic mass is 31.2. The van der Waals surface area contributed by atoms with Crippen LogP contribution in [0.1, 0.15) is 206 Å². The molecule has 0 aliphatic carbocycles. The summed E-state index contributed by atoms with van der Waals surface area (Å²) in [5.74, 6) is -0.410. The molecule has 0 bridgehead atoms. The van der Waals surface area contributed by atoms with E-state index in [1.807, 2.05) is 0 Å². The van der Waals surface area contributed by atoms with E-state index < -0.39 is 45.8 Å². The van der Waals surface area contributed by atoms with Gasteiger partial charge in [-0.3, -0.25) is 13.8 Å². The average Bonchev–Trinajstić information content (AvgIpc) is 3.31. The Balaban J connectivity index is 4.16. The summed E-state index contributed by atoms with van der Waals surface area (Å²) in [4.78, 5) is 22.7. The molecule has 66 heavy (non-hydrogen) atoms. The van der Waals surface area contributed by atoms with Crippen LogP contribution in [0.3, 0.4) is 0 Å². The Morgan fingerprint density at radius 1 is 0.485 bits per heavy atom. The lowest BCUT2D eigenvalue weighted by Crippen LogP contribution is -2.29. The number of esters is 1. The van der Waals surface area contributed by atoms with Crippen molar-refractivity contribution in [2.24, 2.45) is 0 Å². The van der Waals surface area contributed by atoms with Crippen LogP contribution in [0.15, 0.2) is 97.2 Å². The average molecular weight is 945 g/mol. The SMILES string of the molecule is CC/C=C\C/C=C\C/C=C\C/C=C\C/C=C\C/C=C\CCCCCCC(=O)OC(COCCCCCCCCCCCC/C=C\C/C=C\CCCCCCC)COP(=O)(O)OCC(O)CO. The van der Waals surface area contributed by atoms with Gasteiger partial charge in [-0.05, 0) is 96.3 Å². The standard InChI is InChI=1S/C56H97O9P/c1-3-5-7-9-11-13-15-17-19-21-23-25-27-28-30-32-34-36-38-40-42-44-46-48-56(59)65-55(53-64-66(60,61)63-51-54(58)50-57)52-62-49-47-45-43-41-39-37-35-33-31-29-26-24-22-20-18-16-14-12-10-8-6-4-2/h5,7,11,13,16-19,22-25,28,30,34,36,54-55,57-58H,3-4,6,8-10,12,14-15,20-21,26-27,29,31-33,35,37-53H2,1-2H3,(H,60,61)/b7-5-,13-11-,18-16-,19-17-,24-22-,25-23-,30-28-,36-34-. The van der Waals surface area contributed by atoms with Crippen LogP contribution in [0.5, 0.6) is 0 Å². The number of rotatable bonds is 49. The van der Waals surface area contributed by atoms with Gasteiger partial charge < -0.3 is 24.6 Å². The molecule has 0 saturated carbocycles. The van der Waals surface area contributed by atoms with E-state index in [0.29, 0.717) is 13.0 Å². The van der Waals surface area contributed by atoms with Gasteiger partial charge in [0.15, 0.2) is 0 Å². The highest BCUT2D eigenvalue weighted by molar-refractivity contribution is 7.47. The fourth-order valence-electron chi connectivity index (χ4n) is 6.80. The molecule has 0 rings (SSSR count). The second-order valence-corrected chi connectivity index (χ2v) is 18.6. The van der Waals surface area contributed by atoms with E-state index in [1.54, 1.807) is 0 Å². The number of aliphatic hydroxyl groups is 2. The molecule has 3 N–H and O–H groups in total. The van der Waals surface area contributed by atoms with Crippen molar-refractivity contribution < 1.29 is 43.0 Å². The molecule has 0 spiro atoms. The molecule has 0 aromatic rings. The minimum absolute atomic E-state index is 0.0308. The van der Waals surface area contributed by atoms with Gasteiger partial charge >= 0.3 is 13.8 Å². The van der Waals surface area contributed by atoms with Gasteiger partial charge in [0.2, 0.25) is 0 Å². The van der Waals surface area contributed by atoms with Crippen LogP contribution in [-0.2, 0) is 27.9 Å². The van der Waals surface area contributed by atoms with Crippen molar-refractivity contribution in [2.75, 3.05) is 33.0 Å². The van der Waals surface area contributed by atoms with Crippen LogP contribution < -0.4 is 0 Å². The third-order valence-electron chi connectivity index (χ3n) is 10.8. The van der Waals surface area contributed by atoms with Crippen LogP contribution in [0.4, 0.5) is 0 Å². The third-order valence-corrected chi connectivity index (χ3v) is 11.7. The number of allylic oxidation sites excluding steroid dienone is 16. The van der Waals surface area contributed by atoms with E-state index in [1.165, 1.54) is 89.9 Å². The van der Waals surface area contributed by atoms with Gasteiger partial charge in [0.05, 0.1) is 26.4 Å². The minimum atomic E-state index is -4.54. The van der Waals surface area contributed by atoms with Gasteiger partial charge in [0, 0.05) is 13.0 Å². The minimum Gasteiger partial charge on any atom is -0.457 e. The predicted octanol–water partition coefficient (Wildman–Crippen LogP) is 15.6. The molecule has 0 saturated heterocycles. The Bertz CT molecular complexity index is 1350. The Morgan fingerprint density at radius 2 is 0.864 bits per heavy atom. The molecule has 10 heteroatoms. The summed E-state index contributed by atoms with van der Waals surface area (Å²) in [6.45, 7) is 3.35. The summed E-state index contributed by atoms with van der Waals surface area (Å²) in [5.41, 5.74) is 0. The number of ether oxygens (including phenoxy) is 2. The second kappa shape index (κ2) is 51.8. The highest BCUT2D eigenvalue weighted by Gasteiger charge is 2.26. The van der Waals surface area contributed by atoms with Crippen LogP contribution in [0, 0.1) is 0 Å². The number of phosphoric ester groups is 1. The molecule has 380 valence electrons. The number of hydrogen-bond acceptors (Lipinski definition) is 8. The van der Waals surface area contributed by atoms with Crippen molar-refractivity contribution in [2.45, 2.75) is 219 Å². The van der Waals surface area contributed by atoms with Crippen molar-refractivity contribution >= 4 is 13.8 Å². The number of unbranched alkanes of at least 4 members (excludes halogenated alkanes) is 19. The van der Waals surface area contributed by atoms with Gasteiger partial charge in [-0.1, -0.05) is 201 Å². The van der Waals surface area contributed by atoms with Gasteiger partial charge in [-0.15, -0.1) is 0 Å². The topological polar surface area (TPSA) is 132 Å². The lowest BCUT2D eigenvalue weighted by Gasteiger charge is -2.20. The lowest BCUT2D eigenvalue weighted by molar-refractivity contribution is -0.154. The molecule has 0 aliphatic heterocycles. The molecular formula is C56H97O9P. The zero-order valence-corrected chi connectivity index (χ0v) is 42.8. The van der Waals surface area contributed by atoms with Crippen LogP contribution in [0.2, 0.25) is 0 Å². The van der Waals surface area contributed by atoms with E-state index in [0.717, 1.165) is 89.9 Å². The van der Waals surface area contributed by atoms with Crippen molar-refractivity contribution in [3.05, 3.63) is 97.2 Å². The van der Waals surface area contributed by atoms with E-state index >= 15 is 0 Å². The number of hydrogen-bond donors (Lipinski definition) is 3. The van der Waals surface area contributed by atoms with Crippen LogP contribution >= 0.6 is 7.82 Å². The Kier molecular flexibility index (Phi) is 49.7. The molecule has 0 amide bonds. The van der Waals surface area contributed by atoms with Crippen molar-refractivity contribution in [1.29, 1.82) is 0 Å². The highest BCUT2D eigenvalue weighted by Crippen LogP contribution is 2.43. The number of carbonyl (C=O) groups is 1. The molecule has 0 aliphatic rings. The summed E-state index contributed by atoms with van der Waals surface area (Å²) in [7, 11) is -4.54. The van der Waals surface area contributed by atoms with Crippen molar-refractivity contribution in [1.82, 2.24) is 0 Å². The van der Waals surface area contributed by atoms with Gasteiger partial charge in [0.25, 0.3) is 0 Å². The normalized spacial score (nSPS) is 14.6. The summed E-state index contributed by atoms with van der Waals surface area (Å²) in [5, 5.41) is 18.4. The smallest absolute Gasteiger partial charge is 0.457 e. The molecule has 3 unspecified atom stereocenters. The Morgan fingerprint density at radius 3 is 1.30 bits per heavy atom. The summed E-state index contributed by atoms with van der Waals surface area (Å²) >= 11 is 0. The van der Waals surface area contributed by atoms with E-state index in [-0.39, 0.29) is 13.0 Å². The second-order valence-electron chi connectivity index (χ2n) is 17.2. The first-order chi connectivity index (χ1) is 32.3. The van der Waals surface area contributed by atoms with Crippen molar-refractivity contribution in [3.8, 4) is 0 Å². The maximum Gasteiger partial charge on any atom is 0.472 e. The summed E-state index contributed by atoms with van der Waals surface area (Å²) < 4.78 is 33.5. The zero-order chi connectivity index (χ0) is 48.1. The molecule has 0 heterocycles. The number of phosphoric acid groups is 1. The first-order valence-corrected chi connectivity index (χ1v) is 27.7. The van der Waals surface area contributed by atoms with Crippen LogP contribution in [-0.4, -0.2) is 66.3 Å². The fourth-order valence-corrected chi connectivity index (χ4v) is 7.59. The summed E-state index contributed by atoms with van der Waals surface area (Å²) in [6, 6.07) is 0. The lowest BCUT2D eigenvalue weighted by atomic mass is 10.1. The largest absolute Gasteiger partial charge is 0.472 e. The molecule has 9 nitrogen and oxygen atoms in total. The fraction of sp³-hybridized carbons (Fsp3) is 0.696. The first-order valence-electron chi connectivity index (χ1n) is 26.2. The number of aliphatic hydroxyl groups excluding tert-OH is 2. The van der Waals surface area contributed by atoms with E-state index in [9.17, 15) is 19.4 Å². The number of carbonyl (C=O) groups excluding carboxylic acids is 1. The Labute approximate surface area is 404 Å². The molecular weight excluding hydrogens is 848 g/mol. The molecule has 0 aromatic heterocycles. The van der Waals surface area contributed by atoms with Gasteiger partial charge in [-0.2, -0.15) is 0 Å². The monoisotopic (exact) mass is 945 g/mol. The first kappa shape index (κ1) is 63.4. The third kappa shape index (κ3) is 50.8. The van der Waals surface area contributed by atoms with Gasteiger partial charge in [-0.25, -0.2) is 4.57 Å².